The Morgan fingerprint density at radius 3 is 3.00 bits per heavy atom. The maximum absolute atomic E-state index is 8.99. The molecule has 2 atom stereocenters. The molecule has 0 radical (unpaired) electrons. The summed E-state index contributed by atoms with van der Waals surface area (Å²) in [7, 11) is 0. The summed E-state index contributed by atoms with van der Waals surface area (Å²) in [6.07, 6.45) is 4.79. The van der Waals surface area contributed by atoms with E-state index in [2.05, 4.69) is 11.4 Å². The molecule has 78 valence electrons. The van der Waals surface area contributed by atoms with E-state index in [-0.39, 0.29) is 6.61 Å². The highest BCUT2D eigenvalue weighted by Crippen LogP contribution is 2.34. The van der Waals surface area contributed by atoms with Gasteiger partial charge in [-0.3, -0.25) is 0 Å². The molecule has 3 heteroatoms. The Bertz CT molecular complexity index is 297. The van der Waals surface area contributed by atoms with E-state index in [1.807, 2.05) is 0 Å². The highest BCUT2D eigenvalue weighted by Gasteiger charge is 2.21. The van der Waals surface area contributed by atoms with Crippen LogP contribution in [0, 0.1) is 0 Å². The summed E-state index contributed by atoms with van der Waals surface area (Å²) in [6.45, 7) is 0.170. The van der Waals surface area contributed by atoms with Crippen LogP contribution in [0.3, 0.4) is 0 Å². The van der Waals surface area contributed by atoms with Crippen molar-refractivity contribution in [2.75, 3.05) is 0 Å². The smallest absolute Gasteiger partial charge is 0.0774 e. The Balaban J connectivity index is 2.06. The number of nitrogens with two attached hydrogens (primary N) is 1. The first-order chi connectivity index (χ1) is 6.79. The van der Waals surface area contributed by atoms with E-state index in [1.54, 1.807) is 11.3 Å². The monoisotopic (exact) mass is 211 g/mol. The van der Waals surface area contributed by atoms with Gasteiger partial charge in [-0.05, 0) is 42.2 Å². The molecule has 1 heterocycles. The summed E-state index contributed by atoms with van der Waals surface area (Å²) in [5, 5.41) is 11.2. The molecule has 0 spiro atoms. The molecule has 1 aliphatic rings. The zero-order valence-electron chi connectivity index (χ0n) is 8.28. The minimum absolute atomic E-state index is 0.170. The fourth-order valence-electron chi connectivity index (χ4n) is 2.22. The predicted molar refractivity (Wildman–Crippen MR) is 59.4 cm³/mol. The van der Waals surface area contributed by atoms with Crippen molar-refractivity contribution < 1.29 is 5.11 Å². The molecule has 3 N–H and O–H groups in total. The van der Waals surface area contributed by atoms with Crippen molar-refractivity contribution in [3.05, 3.63) is 21.9 Å². The zero-order valence-corrected chi connectivity index (χ0v) is 9.09. The van der Waals surface area contributed by atoms with Crippen molar-refractivity contribution in [2.24, 2.45) is 5.73 Å². The average Bonchev–Trinajstić information content (AvgIpc) is 2.66. The molecule has 0 aromatic carbocycles. The summed E-state index contributed by atoms with van der Waals surface area (Å²) >= 11 is 1.65. The fourth-order valence-corrected chi connectivity index (χ4v) is 3.05. The van der Waals surface area contributed by atoms with Gasteiger partial charge in [-0.25, -0.2) is 0 Å². The summed E-state index contributed by atoms with van der Waals surface area (Å²) in [4.78, 5) is 1.07. The van der Waals surface area contributed by atoms with E-state index >= 15 is 0 Å². The van der Waals surface area contributed by atoms with Gasteiger partial charge in [-0.15, -0.1) is 11.3 Å². The van der Waals surface area contributed by atoms with E-state index in [0.717, 1.165) is 11.3 Å². The summed E-state index contributed by atoms with van der Waals surface area (Å²) in [5.74, 6) is 0.635. The maximum atomic E-state index is 8.99. The lowest BCUT2D eigenvalue weighted by Crippen LogP contribution is -2.26. The fraction of sp³-hybridized carbons (Fsp3) is 0.636. The third kappa shape index (κ3) is 2.16. The Morgan fingerprint density at radius 2 is 2.36 bits per heavy atom. The van der Waals surface area contributed by atoms with Gasteiger partial charge in [0.25, 0.3) is 0 Å². The van der Waals surface area contributed by atoms with Gasteiger partial charge in [0.2, 0.25) is 0 Å². The van der Waals surface area contributed by atoms with Gasteiger partial charge < -0.3 is 10.8 Å². The number of hydrogen-bond donors (Lipinski definition) is 2. The quantitative estimate of drug-likeness (QED) is 0.788. The van der Waals surface area contributed by atoms with Gasteiger partial charge in [-0.1, -0.05) is 6.42 Å². The number of hydrogen-bond acceptors (Lipinski definition) is 3. The molecule has 1 aliphatic carbocycles. The number of rotatable bonds is 2. The van der Waals surface area contributed by atoms with Crippen molar-refractivity contribution >= 4 is 11.3 Å². The molecule has 1 aromatic heterocycles. The lowest BCUT2D eigenvalue weighted by molar-refractivity contribution is 0.285. The second kappa shape index (κ2) is 4.43. The SMILES string of the molecule is NC1CCCC(c2csc(CO)c2)C1. The van der Waals surface area contributed by atoms with Crippen LogP contribution in [0.15, 0.2) is 11.4 Å². The topological polar surface area (TPSA) is 46.2 Å². The van der Waals surface area contributed by atoms with Crippen LogP contribution in [0.5, 0.6) is 0 Å². The van der Waals surface area contributed by atoms with Gasteiger partial charge in [-0.2, -0.15) is 0 Å². The maximum Gasteiger partial charge on any atom is 0.0774 e. The van der Waals surface area contributed by atoms with Crippen LogP contribution in [0.4, 0.5) is 0 Å². The summed E-state index contributed by atoms with van der Waals surface area (Å²) in [6, 6.07) is 2.51. The average molecular weight is 211 g/mol. The van der Waals surface area contributed by atoms with E-state index in [1.165, 1.54) is 24.8 Å². The predicted octanol–water partition coefficient (Wildman–Crippen LogP) is 2.23. The van der Waals surface area contributed by atoms with Crippen LogP contribution < -0.4 is 5.73 Å². The molecule has 1 fully saturated rings. The molecular weight excluding hydrogens is 194 g/mol. The first-order valence-electron chi connectivity index (χ1n) is 5.23. The third-order valence-corrected chi connectivity index (χ3v) is 3.96. The molecule has 0 amide bonds. The van der Waals surface area contributed by atoms with Gasteiger partial charge in [0, 0.05) is 10.9 Å². The highest BCUT2D eigenvalue weighted by molar-refractivity contribution is 7.10. The Hall–Kier alpha value is -0.380. The minimum Gasteiger partial charge on any atom is -0.391 e. The zero-order chi connectivity index (χ0) is 9.97. The largest absolute Gasteiger partial charge is 0.391 e. The van der Waals surface area contributed by atoms with E-state index < -0.39 is 0 Å². The second-order valence-electron chi connectivity index (χ2n) is 4.13. The van der Waals surface area contributed by atoms with Crippen LogP contribution in [0.25, 0.3) is 0 Å². The molecule has 1 saturated carbocycles. The minimum atomic E-state index is 0.170. The Kier molecular flexibility index (Phi) is 3.21. The van der Waals surface area contributed by atoms with Crippen molar-refractivity contribution in [3.8, 4) is 0 Å². The van der Waals surface area contributed by atoms with Crippen molar-refractivity contribution in [1.29, 1.82) is 0 Å². The molecule has 1 aromatic rings. The van der Waals surface area contributed by atoms with Crippen LogP contribution in [0.1, 0.15) is 42.0 Å². The van der Waals surface area contributed by atoms with E-state index in [4.69, 9.17) is 10.8 Å². The third-order valence-electron chi connectivity index (χ3n) is 3.02. The standard InChI is InChI=1S/C11H17NOS/c12-10-3-1-2-8(4-10)9-5-11(6-13)14-7-9/h5,7-8,10,13H,1-4,6,12H2. The van der Waals surface area contributed by atoms with Crippen molar-refractivity contribution in [1.82, 2.24) is 0 Å². The molecule has 2 nitrogen and oxygen atoms in total. The van der Waals surface area contributed by atoms with Gasteiger partial charge in [0.05, 0.1) is 6.61 Å². The van der Waals surface area contributed by atoms with Crippen LogP contribution in [0.2, 0.25) is 0 Å². The first kappa shape index (κ1) is 10.1. The molecule has 2 rings (SSSR count). The number of thiophene rings is 1. The molecule has 14 heavy (non-hydrogen) atoms. The number of aliphatic hydroxyl groups excluding tert-OH is 1. The lowest BCUT2D eigenvalue weighted by atomic mass is 9.83. The Morgan fingerprint density at radius 1 is 1.50 bits per heavy atom. The van der Waals surface area contributed by atoms with E-state index in [0.29, 0.717) is 12.0 Å². The van der Waals surface area contributed by atoms with Gasteiger partial charge in [0.15, 0.2) is 0 Å². The lowest BCUT2D eigenvalue weighted by Gasteiger charge is -2.25. The highest BCUT2D eigenvalue weighted by atomic mass is 32.1. The second-order valence-corrected chi connectivity index (χ2v) is 5.12. The van der Waals surface area contributed by atoms with Crippen LogP contribution >= 0.6 is 11.3 Å². The molecule has 0 saturated heterocycles. The van der Waals surface area contributed by atoms with Crippen molar-refractivity contribution in [2.45, 2.75) is 44.2 Å². The molecule has 0 aliphatic heterocycles. The normalized spacial score (nSPS) is 27.9. The summed E-state index contributed by atoms with van der Waals surface area (Å²) in [5.41, 5.74) is 7.34. The number of aliphatic hydroxyl groups is 1. The van der Waals surface area contributed by atoms with Crippen LogP contribution in [-0.4, -0.2) is 11.1 Å². The van der Waals surface area contributed by atoms with Crippen LogP contribution in [-0.2, 0) is 6.61 Å². The molecule has 2 unspecified atom stereocenters. The van der Waals surface area contributed by atoms with Gasteiger partial charge in [0.1, 0.15) is 0 Å². The molecular formula is C11H17NOS. The first-order valence-corrected chi connectivity index (χ1v) is 6.11. The summed E-state index contributed by atoms with van der Waals surface area (Å²) < 4.78 is 0. The van der Waals surface area contributed by atoms with Gasteiger partial charge >= 0.3 is 0 Å². The Labute approximate surface area is 88.8 Å². The van der Waals surface area contributed by atoms with Crippen molar-refractivity contribution in [3.63, 3.8) is 0 Å². The molecule has 0 bridgehead atoms. The van der Waals surface area contributed by atoms with E-state index in [9.17, 15) is 0 Å².